The minimum absolute atomic E-state index is 0.111. The zero-order chi connectivity index (χ0) is 39.7. The fourth-order valence-corrected chi connectivity index (χ4v) is 8.58. The van der Waals surface area contributed by atoms with Gasteiger partial charge in [-0.25, -0.2) is 0 Å². The van der Waals surface area contributed by atoms with Crippen LogP contribution < -0.4 is 0 Å². The summed E-state index contributed by atoms with van der Waals surface area (Å²) < 4.78 is 43.9. The molecule has 3 rings (SSSR count). The van der Waals surface area contributed by atoms with E-state index in [0.29, 0.717) is 6.42 Å². The molecule has 0 bridgehead atoms. The highest BCUT2D eigenvalue weighted by molar-refractivity contribution is 5.83. The van der Waals surface area contributed by atoms with Crippen molar-refractivity contribution in [2.75, 3.05) is 28.3 Å². The molecule has 3 saturated heterocycles. The Balaban J connectivity index is 2.22. The molecule has 14 heteroatoms. The number of carbonyl (C=O) groups is 2. The second-order valence-electron chi connectivity index (χ2n) is 16.6. The van der Waals surface area contributed by atoms with Gasteiger partial charge in [0.2, 0.25) is 0 Å². The van der Waals surface area contributed by atoms with Gasteiger partial charge < -0.3 is 58.5 Å². The van der Waals surface area contributed by atoms with Gasteiger partial charge in [-0.05, 0) is 74.9 Å². The number of hydrogen-bond donors (Lipinski definition) is 4. The predicted octanol–water partition coefficient (Wildman–Crippen LogP) is 2.44. The number of aliphatic hydroxyl groups is 4. The second kappa shape index (κ2) is 17.7. The summed E-state index contributed by atoms with van der Waals surface area (Å²) in [5.41, 5.74) is -4.24. The van der Waals surface area contributed by atoms with Crippen molar-refractivity contribution in [2.45, 2.75) is 179 Å². The highest BCUT2D eigenvalue weighted by Gasteiger charge is 2.54. The Morgan fingerprint density at radius 3 is 1.98 bits per heavy atom. The number of ether oxygens (including phenoxy) is 7. The van der Waals surface area contributed by atoms with Crippen LogP contribution in [0.2, 0.25) is 0 Å². The zero-order valence-electron chi connectivity index (χ0n) is 33.9. The van der Waals surface area contributed by atoms with Gasteiger partial charge in [0.1, 0.15) is 29.7 Å². The van der Waals surface area contributed by atoms with Crippen LogP contribution in [0, 0.1) is 23.7 Å². The summed E-state index contributed by atoms with van der Waals surface area (Å²) in [6.07, 6.45) is -8.73. The molecule has 0 unspecified atom stereocenters. The fraction of sp³-hybridized carbons (Fsp3) is 0.947. The lowest BCUT2D eigenvalue weighted by molar-refractivity contribution is -0.319. The lowest BCUT2D eigenvalue weighted by Gasteiger charge is -2.50. The van der Waals surface area contributed by atoms with Crippen molar-refractivity contribution in [1.82, 2.24) is 4.90 Å². The van der Waals surface area contributed by atoms with E-state index >= 15 is 0 Å². The summed E-state index contributed by atoms with van der Waals surface area (Å²) >= 11 is 0. The largest absolute Gasteiger partial charge is 0.459 e. The lowest BCUT2D eigenvalue weighted by Crippen LogP contribution is -2.61. The van der Waals surface area contributed by atoms with Crippen molar-refractivity contribution in [3.8, 4) is 0 Å². The van der Waals surface area contributed by atoms with Crippen molar-refractivity contribution < 1.29 is 63.2 Å². The van der Waals surface area contributed by atoms with E-state index in [1.54, 1.807) is 48.5 Å². The maximum Gasteiger partial charge on any atom is 0.311 e. The summed E-state index contributed by atoms with van der Waals surface area (Å²) in [4.78, 5) is 30.1. The summed E-state index contributed by atoms with van der Waals surface area (Å²) in [5, 5.41) is 45.6. The van der Waals surface area contributed by atoms with Crippen LogP contribution in [0.15, 0.2) is 0 Å². The Labute approximate surface area is 310 Å². The number of ketones is 1. The van der Waals surface area contributed by atoms with E-state index in [9.17, 15) is 30.0 Å². The van der Waals surface area contributed by atoms with Crippen LogP contribution in [0.3, 0.4) is 0 Å². The van der Waals surface area contributed by atoms with Crippen molar-refractivity contribution in [1.29, 1.82) is 0 Å². The minimum atomic E-state index is -1.96. The summed E-state index contributed by atoms with van der Waals surface area (Å²) in [7, 11) is 6.77. The molecule has 4 N–H and O–H groups in total. The molecule has 0 aromatic carbocycles. The number of cyclic esters (lactones) is 1. The van der Waals surface area contributed by atoms with Crippen LogP contribution in [-0.4, -0.2) is 150 Å². The molecule has 0 aromatic rings. The van der Waals surface area contributed by atoms with Crippen LogP contribution in [-0.2, 0) is 42.7 Å². The molecule has 0 aliphatic carbocycles. The molecule has 304 valence electrons. The first-order valence-corrected chi connectivity index (χ1v) is 18.9. The molecule has 0 radical (unpaired) electrons. The average Bonchev–Trinajstić information content (AvgIpc) is 3.09. The van der Waals surface area contributed by atoms with Gasteiger partial charge in [-0.15, -0.1) is 0 Å². The molecule has 3 aliphatic rings. The first-order valence-electron chi connectivity index (χ1n) is 18.9. The van der Waals surface area contributed by atoms with E-state index in [2.05, 4.69) is 0 Å². The van der Waals surface area contributed by atoms with E-state index in [1.165, 1.54) is 21.1 Å². The molecule has 3 heterocycles. The van der Waals surface area contributed by atoms with E-state index in [-0.39, 0.29) is 37.2 Å². The summed E-state index contributed by atoms with van der Waals surface area (Å²) in [6.45, 7) is 17.1. The van der Waals surface area contributed by atoms with Crippen LogP contribution in [0.25, 0.3) is 0 Å². The average molecular weight is 748 g/mol. The van der Waals surface area contributed by atoms with Gasteiger partial charge in [0, 0.05) is 44.4 Å². The molecule has 18 atom stereocenters. The number of methoxy groups -OCH3 is 2. The maximum absolute atomic E-state index is 14.2. The van der Waals surface area contributed by atoms with Gasteiger partial charge >= 0.3 is 5.97 Å². The third kappa shape index (κ3) is 9.38. The highest BCUT2D eigenvalue weighted by Crippen LogP contribution is 2.41. The SMILES string of the molecule is CC[C@H]1OC(=O)[C@H](C)[C@@H](O[C@@H]2C[C@](C)(OC)[C@H](O)[C@H](C)O2)[C@H](C)[C@@H](O[C@@H]2O[C@H](C)C[C@H](N(C)C)[C@@H]2O)[C@](C)(OC)C[C@@H](C)C(=O)[C@H](C)[C@@H](O)[C@]1(C)O. The van der Waals surface area contributed by atoms with Gasteiger partial charge in [0.25, 0.3) is 0 Å². The van der Waals surface area contributed by atoms with Gasteiger partial charge in [-0.3, -0.25) is 9.59 Å². The predicted molar refractivity (Wildman–Crippen MR) is 191 cm³/mol. The first-order chi connectivity index (χ1) is 24.0. The van der Waals surface area contributed by atoms with Crippen molar-refractivity contribution in [3.05, 3.63) is 0 Å². The number of aliphatic hydroxyl groups excluding tert-OH is 3. The monoisotopic (exact) mass is 747 g/mol. The molecular weight excluding hydrogens is 678 g/mol. The van der Waals surface area contributed by atoms with E-state index in [4.69, 9.17) is 33.2 Å². The Kier molecular flexibility index (Phi) is 15.3. The number of nitrogens with zero attached hydrogens (tertiary/aromatic N) is 1. The topological polar surface area (TPSA) is 183 Å². The molecule has 52 heavy (non-hydrogen) atoms. The zero-order valence-corrected chi connectivity index (χ0v) is 33.9. The van der Waals surface area contributed by atoms with Crippen molar-refractivity contribution >= 4 is 11.8 Å². The number of likely N-dealkylation sites (N-methyl/N-ethyl adjacent to an activating group) is 1. The Hall–Kier alpha value is -1.30. The Bertz CT molecular complexity index is 1190. The Morgan fingerprint density at radius 1 is 0.846 bits per heavy atom. The van der Waals surface area contributed by atoms with Crippen LogP contribution in [0.4, 0.5) is 0 Å². The van der Waals surface area contributed by atoms with Gasteiger partial charge in [-0.1, -0.05) is 27.7 Å². The molecule has 3 aliphatic heterocycles. The van der Waals surface area contributed by atoms with Crippen LogP contribution >= 0.6 is 0 Å². The fourth-order valence-electron chi connectivity index (χ4n) is 8.58. The normalized spacial score (nSPS) is 49.0. The maximum atomic E-state index is 14.2. The summed E-state index contributed by atoms with van der Waals surface area (Å²) in [6, 6.07) is -0.283. The van der Waals surface area contributed by atoms with Gasteiger partial charge in [0.05, 0.1) is 47.6 Å². The molecule has 14 nitrogen and oxygen atoms in total. The summed E-state index contributed by atoms with van der Waals surface area (Å²) in [5.74, 6) is -4.47. The van der Waals surface area contributed by atoms with Gasteiger partial charge in [-0.2, -0.15) is 0 Å². The number of carbonyl (C=O) groups excluding carboxylic acids is 2. The number of esters is 1. The van der Waals surface area contributed by atoms with Crippen molar-refractivity contribution in [2.24, 2.45) is 23.7 Å². The molecule has 0 amide bonds. The third-order valence-corrected chi connectivity index (χ3v) is 12.3. The molecule has 0 aromatic heterocycles. The smallest absolute Gasteiger partial charge is 0.311 e. The molecule has 3 fully saturated rings. The van der Waals surface area contributed by atoms with E-state index in [0.717, 1.165) is 0 Å². The minimum Gasteiger partial charge on any atom is -0.459 e. The van der Waals surface area contributed by atoms with Crippen LogP contribution in [0.5, 0.6) is 0 Å². The lowest BCUT2D eigenvalue weighted by atomic mass is 9.74. The number of rotatable bonds is 8. The number of hydrogen-bond acceptors (Lipinski definition) is 14. The third-order valence-electron chi connectivity index (χ3n) is 12.3. The molecule has 0 saturated carbocycles. The number of Topliss-reactive ketones (excluding diaryl/α,β-unsaturated/α-hetero) is 1. The molecular formula is C38H69NO13. The van der Waals surface area contributed by atoms with E-state index in [1.807, 2.05) is 32.8 Å². The Morgan fingerprint density at radius 2 is 1.44 bits per heavy atom. The van der Waals surface area contributed by atoms with Gasteiger partial charge in [0.15, 0.2) is 12.6 Å². The molecule has 0 spiro atoms. The van der Waals surface area contributed by atoms with E-state index < -0.39 is 102 Å². The quantitative estimate of drug-likeness (QED) is 0.266. The first kappa shape index (κ1) is 45.1. The van der Waals surface area contributed by atoms with Crippen LogP contribution in [0.1, 0.15) is 94.9 Å². The highest BCUT2D eigenvalue weighted by atomic mass is 16.7. The standard InChI is InChI=1S/C38H69NO13/c1-15-26-38(10,45)31(42)21(4)28(40)19(2)17-37(9,47-14)33(52-35-29(41)25(39(11)12)16-20(3)48-35)22(5)30(23(6)34(44)50-26)51-27-18-36(8,46-13)32(43)24(7)49-27/h19-27,29-33,35,41-43,45H,15-18H2,1-14H3/t19-,20-,21+,22+,23-,24+,25+,26-,27-,29+,30+,31-,32-,33-,35+,36+,37-,38-/m1/s1. The van der Waals surface area contributed by atoms with Crippen molar-refractivity contribution in [3.63, 3.8) is 0 Å². The second-order valence-corrected chi connectivity index (χ2v) is 16.6.